The third-order valence-electron chi connectivity index (χ3n) is 4.58. The first-order valence-corrected chi connectivity index (χ1v) is 9.52. The molecule has 1 aromatic rings. The van der Waals surface area contributed by atoms with Crippen LogP contribution in [-0.2, 0) is 15.4 Å². The van der Waals surface area contributed by atoms with Gasteiger partial charge in [-0.1, -0.05) is 6.07 Å². The Morgan fingerprint density at radius 2 is 1.95 bits per heavy atom. The van der Waals surface area contributed by atoms with Crippen LogP contribution in [0.15, 0.2) is 18.2 Å². The first kappa shape index (κ1) is 15.6. The van der Waals surface area contributed by atoms with Gasteiger partial charge >= 0.3 is 0 Å². The Kier molecular flexibility index (Phi) is 4.07. The number of hydrogen-bond donors (Lipinski definition) is 1. The van der Waals surface area contributed by atoms with Crippen molar-refractivity contribution in [2.75, 3.05) is 18.6 Å². The standard InChI is InChI=1S/C16H22O5S/c1-20-14-7-6-12(16(17)8-9-22(18,19)11-16)10-15(14)21-13-4-2-3-5-13/h6-7,10,13,17H,2-5,8-9,11H2,1H3/t16-/m0/s1. The van der Waals surface area contributed by atoms with E-state index in [4.69, 9.17) is 9.47 Å². The lowest BCUT2D eigenvalue weighted by Crippen LogP contribution is -2.27. The molecule has 6 heteroatoms. The predicted octanol–water partition coefficient (Wildman–Crippen LogP) is 2.02. The number of rotatable bonds is 4. The predicted molar refractivity (Wildman–Crippen MR) is 83.0 cm³/mol. The van der Waals surface area contributed by atoms with Gasteiger partial charge in [0, 0.05) is 0 Å². The lowest BCUT2D eigenvalue weighted by Gasteiger charge is -2.23. The van der Waals surface area contributed by atoms with Crippen LogP contribution in [0.25, 0.3) is 0 Å². The summed E-state index contributed by atoms with van der Waals surface area (Å²) in [6.07, 6.45) is 4.76. The quantitative estimate of drug-likeness (QED) is 0.916. The Bertz CT molecular complexity index is 649. The zero-order valence-electron chi connectivity index (χ0n) is 12.7. The average molecular weight is 326 g/mol. The zero-order valence-corrected chi connectivity index (χ0v) is 13.6. The summed E-state index contributed by atoms with van der Waals surface area (Å²) in [4.78, 5) is 0. The van der Waals surface area contributed by atoms with Gasteiger partial charge in [-0.25, -0.2) is 8.42 Å². The second-order valence-electron chi connectivity index (χ2n) is 6.26. The van der Waals surface area contributed by atoms with Crippen molar-refractivity contribution in [1.29, 1.82) is 0 Å². The van der Waals surface area contributed by atoms with E-state index in [1.165, 1.54) is 0 Å². The number of methoxy groups -OCH3 is 1. The van der Waals surface area contributed by atoms with E-state index in [1.807, 2.05) is 0 Å². The van der Waals surface area contributed by atoms with Crippen molar-refractivity contribution in [3.05, 3.63) is 23.8 Å². The minimum Gasteiger partial charge on any atom is -0.493 e. The Labute approximate surface area is 131 Å². The van der Waals surface area contributed by atoms with Crippen molar-refractivity contribution >= 4 is 9.84 Å². The molecule has 122 valence electrons. The molecule has 2 fully saturated rings. The second kappa shape index (κ2) is 5.74. The van der Waals surface area contributed by atoms with E-state index in [0.717, 1.165) is 25.7 Å². The molecule has 5 nitrogen and oxygen atoms in total. The maximum absolute atomic E-state index is 11.7. The van der Waals surface area contributed by atoms with Gasteiger partial charge in [0.15, 0.2) is 21.3 Å². The molecule has 1 heterocycles. The number of benzene rings is 1. The fraction of sp³-hybridized carbons (Fsp3) is 0.625. The van der Waals surface area contributed by atoms with Crippen LogP contribution in [0.4, 0.5) is 0 Å². The van der Waals surface area contributed by atoms with Crippen LogP contribution < -0.4 is 9.47 Å². The number of aliphatic hydroxyl groups is 1. The van der Waals surface area contributed by atoms with E-state index in [2.05, 4.69) is 0 Å². The summed E-state index contributed by atoms with van der Waals surface area (Å²) in [6, 6.07) is 5.20. The molecule has 0 unspecified atom stereocenters. The fourth-order valence-corrected chi connectivity index (χ4v) is 5.14. The Morgan fingerprint density at radius 1 is 1.23 bits per heavy atom. The molecule has 1 aliphatic carbocycles. The largest absolute Gasteiger partial charge is 0.493 e. The van der Waals surface area contributed by atoms with Crippen molar-refractivity contribution in [1.82, 2.24) is 0 Å². The molecule has 0 bridgehead atoms. The number of hydrogen-bond acceptors (Lipinski definition) is 5. The monoisotopic (exact) mass is 326 g/mol. The Morgan fingerprint density at radius 3 is 2.55 bits per heavy atom. The van der Waals surface area contributed by atoms with Crippen molar-refractivity contribution in [2.45, 2.75) is 43.8 Å². The highest BCUT2D eigenvalue weighted by Crippen LogP contribution is 2.39. The van der Waals surface area contributed by atoms with Crippen LogP contribution >= 0.6 is 0 Å². The molecular weight excluding hydrogens is 304 g/mol. The van der Waals surface area contributed by atoms with E-state index < -0.39 is 15.4 Å². The van der Waals surface area contributed by atoms with Crippen LogP contribution in [0.5, 0.6) is 11.5 Å². The molecule has 3 rings (SSSR count). The minimum atomic E-state index is -3.18. The highest BCUT2D eigenvalue weighted by atomic mass is 32.2. The van der Waals surface area contributed by atoms with Crippen LogP contribution in [0.3, 0.4) is 0 Å². The molecule has 2 aliphatic rings. The van der Waals surface area contributed by atoms with E-state index in [0.29, 0.717) is 17.1 Å². The highest BCUT2D eigenvalue weighted by Gasteiger charge is 2.42. The van der Waals surface area contributed by atoms with Crippen molar-refractivity contribution in [2.24, 2.45) is 0 Å². The normalized spacial score (nSPS) is 27.9. The summed E-state index contributed by atoms with van der Waals surface area (Å²) < 4.78 is 34.7. The van der Waals surface area contributed by atoms with Gasteiger partial charge in [-0.2, -0.15) is 0 Å². The SMILES string of the molecule is COc1ccc([C@]2(O)CCS(=O)(=O)C2)cc1OC1CCCC1. The number of ether oxygens (including phenoxy) is 2. The summed E-state index contributed by atoms with van der Waals surface area (Å²) in [5, 5.41) is 10.7. The highest BCUT2D eigenvalue weighted by molar-refractivity contribution is 7.91. The van der Waals surface area contributed by atoms with Gasteiger partial charge in [0.05, 0.1) is 24.7 Å². The lowest BCUT2D eigenvalue weighted by molar-refractivity contribution is 0.0646. The first-order chi connectivity index (χ1) is 10.4. The maximum atomic E-state index is 11.7. The van der Waals surface area contributed by atoms with Gasteiger partial charge < -0.3 is 14.6 Å². The molecule has 1 N–H and O–H groups in total. The van der Waals surface area contributed by atoms with Crippen molar-refractivity contribution < 1.29 is 23.0 Å². The lowest BCUT2D eigenvalue weighted by atomic mass is 9.93. The Balaban J connectivity index is 1.89. The molecule has 1 saturated heterocycles. The zero-order chi connectivity index (χ0) is 15.8. The van der Waals surface area contributed by atoms with Crippen LogP contribution in [-0.4, -0.2) is 38.2 Å². The van der Waals surface area contributed by atoms with Gasteiger partial charge in [-0.3, -0.25) is 0 Å². The van der Waals surface area contributed by atoms with Crippen molar-refractivity contribution in [3.8, 4) is 11.5 Å². The maximum Gasteiger partial charge on any atom is 0.161 e. The van der Waals surface area contributed by atoms with Crippen LogP contribution in [0.1, 0.15) is 37.7 Å². The molecule has 0 radical (unpaired) electrons. The molecule has 0 spiro atoms. The van der Waals surface area contributed by atoms with Crippen molar-refractivity contribution in [3.63, 3.8) is 0 Å². The summed E-state index contributed by atoms with van der Waals surface area (Å²) in [5.74, 6) is 0.994. The summed E-state index contributed by atoms with van der Waals surface area (Å²) in [7, 11) is -1.60. The fourth-order valence-electron chi connectivity index (χ4n) is 3.30. The molecule has 1 atom stereocenters. The third kappa shape index (κ3) is 3.08. The van der Waals surface area contributed by atoms with Gasteiger partial charge in [0.25, 0.3) is 0 Å². The second-order valence-corrected chi connectivity index (χ2v) is 8.45. The summed E-state index contributed by atoms with van der Waals surface area (Å²) >= 11 is 0. The first-order valence-electron chi connectivity index (χ1n) is 7.70. The summed E-state index contributed by atoms with van der Waals surface area (Å²) in [5.41, 5.74) is -0.735. The summed E-state index contributed by atoms with van der Waals surface area (Å²) in [6.45, 7) is 0. The molecule has 1 aromatic carbocycles. The van der Waals surface area contributed by atoms with Gasteiger partial charge in [0.2, 0.25) is 0 Å². The molecular formula is C16H22O5S. The van der Waals surface area contributed by atoms with E-state index in [-0.39, 0.29) is 24.0 Å². The smallest absolute Gasteiger partial charge is 0.161 e. The van der Waals surface area contributed by atoms with E-state index in [1.54, 1.807) is 25.3 Å². The van der Waals surface area contributed by atoms with Crippen LogP contribution in [0, 0.1) is 0 Å². The average Bonchev–Trinajstić information content (AvgIpc) is 3.07. The van der Waals surface area contributed by atoms with Gasteiger partial charge in [-0.15, -0.1) is 0 Å². The topological polar surface area (TPSA) is 72.8 Å². The van der Waals surface area contributed by atoms with E-state index in [9.17, 15) is 13.5 Å². The molecule has 1 aliphatic heterocycles. The van der Waals surface area contributed by atoms with E-state index >= 15 is 0 Å². The third-order valence-corrected chi connectivity index (χ3v) is 6.33. The number of sulfone groups is 1. The molecule has 0 aromatic heterocycles. The Hall–Kier alpha value is -1.27. The minimum absolute atomic E-state index is 0.0222. The molecule has 0 amide bonds. The van der Waals surface area contributed by atoms with Gasteiger partial charge in [-0.05, 0) is 49.8 Å². The molecule has 22 heavy (non-hydrogen) atoms. The van der Waals surface area contributed by atoms with Crippen LogP contribution in [0.2, 0.25) is 0 Å². The molecule has 1 saturated carbocycles. The van der Waals surface area contributed by atoms with Gasteiger partial charge in [0.1, 0.15) is 5.60 Å².